The van der Waals surface area contributed by atoms with E-state index in [0.29, 0.717) is 0 Å². The van der Waals surface area contributed by atoms with E-state index >= 15 is 0 Å². The summed E-state index contributed by atoms with van der Waals surface area (Å²) in [5, 5.41) is 10.5. The Morgan fingerprint density at radius 3 is 2.38 bits per heavy atom. The van der Waals surface area contributed by atoms with Gasteiger partial charge in [0.05, 0.1) is 0 Å². The smallest absolute Gasteiger partial charge is 0.404 e. The maximum atomic E-state index is 12.1. The Bertz CT molecular complexity index is 257. The van der Waals surface area contributed by atoms with Crippen molar-refractivity contribution in [3.8, 4) is 0 Å². The second-order valence-electron chi connectivity index (χ2n) is 2.80. The van der Waals surface area contributed by atoms with Crippen molar-refractivity contribution in [2.24, 2.45) is 11.7 Å². The van der Waals surface area contributed by atoms with Gasteiger partial charge in [0, 0.05) is 13.1 Å². The molecule has 0 aliphatic rings. The van der Waals surface area contributed by atoms with E-state index in [1.54, 1.807) is 0 Å². The van der Waals surface area contributed by atoms with Gasteiger partial charge in [-0.25, -0.2) is 4.79 Å². The van der Waals surface area contributed by atoms with Crippen molar-refractivity contribution < 1.29 is 32.6 Å². The molecule has 9 heteroatoms. The monoisotopic (exact) mass is 244 g/mol. The third-order valence-electron chi connectivity index (χ3n) is 1.56. The largest absolute Gasteiger partial charge is 0.481 e. The van der Waals surface area contributed by atoms with Gasteiger partial charge >= 0.3 is 18.2 Å². The van der Waals surface area contributed by atoms with Crippen LogP contribution in [-0.2, 0) is 9.53 Å². The predicted octanol–water partition coefficient (Wildman–Crippen LogP) is -0.0656. The summed E-state index contributed by atoms with van der Waals surface area (Å²) in [5.41, 5.74) is 4.59. The quantitative estimate of drug-likeness (QED) is 0.568. The minimum atomic E-state index is -4.82. The zero-order chi connectivity index (χ0) is 12.8. The van der Waals surface area contributed by atoms with Gasteiger partial charge in [0.2, 0.25) is 0 Å². The maximum absolute atomic E-state index is 12.1. The van der Waals surface area contributed by atoms with Crippen molar-refractivity contribution in [2.45, 2.75) is 6.18 Å². The zero-order valence-corrected chi connectivity index (χ0v) is 8.08. The molecular weight excluding hydrogens is 233 g/mol. The molecule has 0 saturated heterocycles. The van der Waals surface area contributed by atoms with Gasteiger partial charge in [0.25, 0.3) is 0 Å². The molecule has 0 aromatic heterocycles. The third kappa shape index (κ3) is 6.06. The fourth-order valence-electron chi connectivity index (χ4n) is 0.813. The van der Waals surface area contributed by atoms with Gasteiger partial charge in [0.1, 0.15) is 6.61 Å². The SMILES string of the molecule is NC(=O)OCCNCC(C(=O)O)C(F)(F)F. The van der Waals surface area contributed by atoms with E-state index < -0.39 is 30.7 Å². The minimum absolute atomic E-state index is 0.108. The molecule has 16 heavy (non-hydrogen) atoms. The van der Waals surface area contributed by atoms with Crippen LogP contribution in [0.15, 0.2) is 0 Å². The van der Waals surface area contributed by atoms with Gasteiger partial charge < -0.3 is 20.9 Å². The number of hydrogen-bond acceptors (Lipinski definition) is 4. The number of carbonyl (C=O) groups is 2. The molecule has 0 spiro atoms. The van der Waals surface area contributed by atoms with Gasteiger partial charge in [-0.1, -0.05) is 0 Å². The van der Waals surface area contributed by atoms with Crippen molar-refractivity contribution in [3.63, 3.8) is 0 Å². The number of amides is 1. The number of carbonyl (C=O) groups excluding carboxylic acids is 1. The number of ether oxygens (including phenoxy) is 1. The van der Waals surface area contributed by atoms with Crippen LogP contribution in [0.25, 0.3) is 0 Å². The fourth-order valence-corrected chi connectivity index (χ4v) is 0.813. The molecule has 1 atom stereocenters. The number of hydrogen-bond donors (Lipinski definition) is 3. The zero-order valence-electron chi connectivity index (χ0n) is 8.08. The summed E-state index contributed by atoms with van der Waals surface area (Å²) in [6, 6.07) is 0. The number of nitrogens with one attached hydrogen (secondary N) is 1. The van der Waals surface area contributed by atoms with Crippen molar-refractivity contribution in [2.75, 3.05) is 19.7 Å². The number of nitrogens with two attached hydrogens (primary N) is 1. The van der Waals surface area contributed by atoms with Crippen LogP contribution in [0.3, 0.4) is 0 Å². The number of primary amides is 1. The molecule has 94 valence electrons. The molecule has 0 saturated carbocycles. The molecule has 0 aromatic carbocycles. The lowest BCUT2D eigenvalue weighted by atomic mass is 10.1. The molecule has 0 bridgehead atoms. The minimum Gasteiger partial charge on any atom is -0.481 e. The van der Waals surface area contributed by atoms with Crippen LogP contribution in [0.5, 0.6) is 0 Å². The topological polar surface area (TPSA) is 102 Å². The average Bonchev–Trinajstić information content (AvgIpc) is 2.07. The van der Waals surface area contributed by atoms with Crippen LogP contribution in [0, 0.1) is 5.92 Å². The van der Waals surface area contributed by atoms with E-state index in [9.17, 15) is 22.8 Å². The summed E-state index contributed by atoms with van der Waals surface area (Å²) in [4.78, 5) is 20.3. The molecule has 1 unspecified atom stereocenters. The Morgan fingerprint density at radius 1 is 1.44 bits per heavy atom. The second-order valence-corrected chi connectivity index (χ2v) is 2.80. The summed E-state index contributed by atoms with van der Waals surface area (Å²) < 4.78 is 40.5. The number of carboxylic acids is 1. The number of aliphatic carboxylic acids is 1. The molecule has 0 rings (SSSR count). The Hall–Kier alpha value is -1.51. The summed E-state index contributed by atoms with van der Waals surface area (Å²) in [7, 11) is 0. The van der Waals surface area contributed by atoms with E-state index in [2.05, 4.69) is 15.8 Å². The Balaban J connectivity index is 3.87. The number of halogens is 3. The molecule has 0 aliphatic carbocycles. The molecule has 0 radical (unpaired) electrons. The Morgan fingerprint density at radius 2 is 2.00 bits per heavy atom. The van der Waals surface area contributed by atoms with Gasteiger partial charge in [-0.2, -0.15) is 13.2 Å². The van der Waals surface area contributed by atoms with Crippen molar-refractivity contribution in [1.29, 1.82) is 0 Å². The highest BCUT2D eigenvalue weighted by Gasteiger charge is 2.44. The average molecular weight is 244 g/mol. The van der Waals surface area contributed by atoms with E-state index in [4.69, 9.17) is 5.11 Å². The standard InChI is InChI=1S/C7H11F3N2O4/c8-7(9,10)4(5(13)14)3-12-1-2-16-6(11)15/h4,12H,1-3H2,(H2,11,15)(H,13,14). The first kappa shape index (κ1) is 14.5. The van der Waals surface area contributed by atoms with E-state index in [-0.39, 0.29) is 13.2 Å². The summed E-state index contributed by atoms with van der Waals surface area (Å²) in [6.07, 6.45) is -5.86. The molecule has 0 aliphatic heterocycles. The maximum Gasteiger partial charge on any atom is 0.404 e. The third-order valence-corrected chi connectivity index (χ3v) is 1.56. The van der Waals surface area contributed by atoms with Crippen molar-refractivity contribution in [1.82, 2.24) is 5.32 Å². The summed E-state index contributed by atoms with van der Waals surface area (Å²) in [5.74, 6) is -4.45. The molecule has 0 fully saturated rings. The lowest BCUT2D eigenvalue weighted by molar-refractivity contribution is -0.192. The van der Waals surface area contributed by atoms with Crippen LogP contribution in [-0.4, -0.2) is 43.0 Å². The van der Waals surface area contributed by atoms with Gasteiger partial charge in [-0.3, -0.25) is 4.79 Å². The van der Waals surface area contributed by atoms with Crippen LogP contribution in [0.4, 0.5) is 18.0 Å². The molecular formula is C7H11F3N2O4. The Labute approximate surface area is 88.5 Å². The number of rotatable bonds is 6. The molecule has 6 nitrogen and oxygen atoms in total. The van der Waals surface area contributed by atoms with Gasteiger partial charge in [-0.05, 0) is 0 Å². The summed E-state index contributed by atoms with van der Waals surface area (Å²) in [6.45, 7) is -1.12. The van der Waals surface area contributed by atoms with Gasteiger partial charge in [0.15, 0.2) is 5.92 Å². The van der Waals surface area contributed by atoms with Crippen LogP contribution >= 0.6 is 0 Å². The van der Waals surface area contributed by atoms with Crippen molar-refractivity contribution >= 4 is 12.1 Å². The van der Waals surface area contributed by atoms with Crippen LogP contribution in [0.2, 0.25) is 0 Å². The van der Waals surface area contributed by atoms with E-state index in [0.717, 1.165) is 0 Å². The fraction of sp³-hybridized carbons (Fsp3) is 0.714. The first-order valence-electron chi connectivity index (χ1n) is 4.17. The molecule has 1 amide bonds. The van der Waals surface area contributed by atoms with E-state index in [1.165, 1.54) is 0 Å². The highest BCUT2D eigenvalue weighted by atomic mass is 19.4. The normalized spacial score (nSPS) is 13.2. The molecule has 0 aromatic rings. The van der Waals surface area contributed by atoms with Crippen molar-refractivity contribution in [3.05, 3.63) is 0 Å². The molecule has 4 N–H and O–H groups in total. The van der Waals surface area contributed by atoms with Crippen LogP contribution < -0.4 is 11.1 Å². The first-order chi connectivity index (χ1) is 7.25. The first-order valence-corrected chi connectivity index (χ1v) is 4.17. The highest BCUT2D eigenvalue weighted by Crippen LogP contribution is 2.25. The molecule has 0 heterocycles. The van der Waals surface area contributed by atoms with Gasteiger partial charge in [-0.15, -0.1) is 0 Å². The highest BCUT2D eigenvalue weighted by molar-refractivity contribution is 5.71. The lowest BCUT2D eigenvalue weighted by Gasteiger charge is -2.16. The number of alkyl halides is 3. The van der Waals surface area contributed by atoms with E-state index in [1.807, 2.05) is 0 Å². The summed E-state index contributed by atoms with van der Waals surface area (Å²) >= 11 is 0. The predicted molar refractivity (Wildman–Crippen MR) is 45.6 cm³/mol. The van der Waals surface area contributed by atoms with Crippen LogP contribution in [0.1, 0.15) is 0 Å². The lowest BCUT2D eigenvalue weighted by Crippen LogP contribution is -2.40. The number of carboxylic acid groups (broad SMARTS) is 1. The second kappa shape index (κ2) is 6.16. The Kier molecular flexibility index (Phi) is 5.57.